The van der Waals surface area contributed by atoms with Crippen LogP contribution < -0.4 is 10.9 Å². The number of rotatable bonds is 6. The number of likely N-dealkylation sites (tertiary alicyclic amines) is 1. The third-order valence-electron chi connectivity index (χ3n) is 6.13. The van der Waals surface area contributed by atoms with Crippen LogP contribution in [0, 0.1) is 6.92 Å². The number of nitrogens with zero attached hydrogens (tertiary/aromatic N) is 5. The Kier molecular flexibility index (Phi) is 6.52. The predicted octanol–water partition coefficient (Wildman–Crippen LogP) is 1.51. The van der Waals surface area contributed by atoms with Crippen LogP contribution in [0.25, 0.3) is 0 Å². The second kappa shape index (κ2) is 9.47. The van der Waals surface area contributed by atoms with E-state index in [1.165, 1.54) is 6.20 Å². The Bertz CT molecular complexity index is 940. The molecule has 0 radical (unpaired) electrons. The van der Waals surface area contributed by atoms with Crippen molar-refractivity contribution in [1.82, 2.24) is 30.0 Å². The van der Waals surface area contributed by atoms with Gasteiger partial charge < -0.3 is 5.32 Å². The molecule has 0 saturated carbocycles. The van der Waals surface area contributed by atoms with E-state index in [-0.39, 0.29) is 17.5 Å². The maximum Gasteiger partial charge on any atom is 0.271 e. The van der Waals surface area contributed by atoms with Crippen LogP contribution in [-0.4, -0.2) is 56.2 Å². The van der Waals surface area contributed by atoms with E-state index in [1.807, 2.05) is 6.92 Å². The normalized spacial score (nSPS) is 19.3. The smallest absolute Gasteiger partial charge is 0.271 e. The summed E-state index contributed by atoms with van der Waals surface area (Å²) >= 11 is 0. The number of hydrogen-bond donors (Lipinski definition) is 1. The van der Waals surface area contributed by atoms with Gasteiger partial charge in [0.2, 0.25) is 0 Å². The second-order valence-electron chi connectivity index (χ2n) is 8.32. The fourth-order valence-corrected chi connectivity index (χ4v) is 4.38. The van der Waals surface area contributed by atoms with E-state index in [1.54, 1.807) is 16.9 Å². The van der Waals surface area contributed by atoms with Crippen LogP contribution in [0.4, 0.5) is 0 Å². The molecule has 2 aliphatic rings. The van der Waals surface area contributed by atoms with Gasteiger partial charge in [-0.2, -0.15) is 5.10 Å². The molecular weight excluding hydrogens is 380 g/mol. The first kappa shape index (κ1) is 20.7. The molecule has 8 heteroatoms. The molecule has 1 aliphatic carbocycles. The lowest BCUT2D eigenvalue weighted by Gasteiger charge is -2.35. The minimum absolute atomic E-state index is 0.00421. The highest BCUT2D eigenvalue weighted by Crippen LogP contribution is 2.18. The molecule has 2 aromatic heterocycles. The van der Waals surface area contributed by atoms with Crippen LogP contribution in [0.5, 0.6) is 0 Å². The Hall–Kier alpha value is -2.61. The van der Waals surface area contributed by atoms with Gasteiger partial charge in [0.1, 0.15) is 5.69 Å². The van der Waals surface area contributed by atoms with Crippen LogP contribution in [0.2, 0.25) is 0 Å². The van der Waals surface area contributed by atoms with E-state index in [0.29, 0.717) is 18.8 Å². The highest BCUT2D eigenvalue weighted by molar-refractivity contribution is 5.91. The molecule has 2 aromatic rings. The summed E-state index contributed by atoms with van der Waals surface area (Å²) in [5.74, 6) is -0.194. The maximum atomic E-state index is 12.5. The SMILES string of the molecule is Cc1cnc(C(=O)NCC2CCCCN2CCn2nc3c(cc2=O)CCCC3)cn1. The van der Waals surface area contributed by atoms with Gasteiger partial charge in [0, 0.05) is 31.4 Å². The van der Waals surface area contributed by atoms with Gasteiger partial charge in [-0.1, -0.05) is 6.42 Å². The number of carbonyl (C=O) groups is 1. The van der Waals surface area contributed by atoms with Gasteiger partial charge in [-0.25, -0.2) is 9.67 Å². The standard InChI is InChI=1S/C22H30N6O2/c1-16-13-24-20(15-23-16)22(30)25-14-18-7-4-5-9-27(18)10-11-28-21(29)12-17-6-2-3-8-19(17)26-28/h12-13,15,18H,2-11,14H2,1H3,(H,25,30). The average molecular weight is 411 g/mol. The van der Waals surface area contributed by atoms with E-state index >= 15 is 0 Å². The van der Waals surface area contributed by atoms with Crippen molar-refractivity contribution in [1.29, 1.82) is 0 Å². The van der Waals surface area contributed by atoms with E-state index in [2.05, 4.69) is 25.3 Å². The van der Waals surface area contributed by atoms with Crippen molar-refractivity contribution < 1.29 is 4.79 Å². The molecule has 1 amide bonds. The van der Waals surface area contributed by atoms with Gasteiger partial charge in [-0.3, -0.25) is 19.5 Å². The van der Waals surface area contributed by atoms with Crippen molar-refractivity contribution in [3.63, 3.8) is 0 Å². The summed E-state index contributed by atoms with van der Waals surface area (Å²) in [4.78, 5) is 35.5. The zero-order valence-electron chi connectivity index (χ0n) is 17.6. The van der Waals surface area contributed by atoms with Gasteiger partial charge in [0.25, 0.3) is 11.5 Å². The number of aromatic nitrogens is 4. The number of piperidine rings is 1. The van der Waals surface area contributed by atoms with Crippen LogP contribution in [0.1, 0.15) is 59.5 Å². The summed E-state index contributed by atoms with van der Waals surface area (Å²) in [5, 5.41) is 7.64. The molecule has 1 saturated heterocycles. The molecule has 1 N–H and O–H groups in total. The highest BCUT2D eigenvalue weighted by Gasteiger charge is 2.23. The van der Waals surface area contributed by atoms with Crippen molar-refractivity contribution in [3.05, 3.63) is 51.5 Å². The fourth-order valence-electron chi connectivity index (χ4n) is 4.38. The van der Waals surface area contributed by atoms with E-state index < -0.39 is 0 Å². The quantitative estimate of drug-likeness (QED) is 0.776. The largest absolute Gasteiger partial charge is 0.349 e. The zero-order valence-corrected chi connectivity index (χ0v) is 17.6. The lowest BCUT2D eigenvalue weighted by Crippen LogP contribution is -2.48. The van der Waals surface area contributed by atoms with Crippen molar-refractivity contribution in [2.24, 2.45) is 0 Å². The zero-order chi connectivity index (χ0) is 20.9. The number of hydrogen-bond acceptors (Lipinski definition) is 6. The topological polar surface area (TPSA) is 93.0 Å². The number of nitrogens with one attached hydrogen (secondary N) is 1. The van der Waals surface area contributed by atoms with E-state index in [0.717, 1.165) is 75.0 Å². The highest BCUT2D eigenvalue weighted by atomic mass is 16.2. The Morgan fingerprint density at radius 1 is 1.13 bits per heavy atom. The molecule has 4 rings (SSSR count). The summed E-state index contributed by atoms with van der Waals surface area (Å²) in [6.07, 6.45) is 10.7. The van der Waals surface area contributed by atoms with Crippen molar-refractivity contribution in [2.75, 3.05) is 19.6 Å². The monoisotopic (exact) mass is 410 g/mol. The van der Waals surface area contributed by atoms with Crippen LogP contribution >= 0.6 is 0 Å². The van der Waals surface area contributed by atoms with Gasteiger partial charge in [-0.05, 0) is 57.6 Å². The van der Waals surface area contributed by atoms with Gasteiger partial charge in [0.05, 0.1) is 24.1 Å². The second-order valence-corrected chi connectivity index (χ2v) is 8.32. The molecule has 1 atom stereocenters. The first-order valence-electron chi connectivity index (χ1n) is 11.0. The van der Waals surface area contributed by atoms with E-state index in [9.17, 15) is 9.59 Å². The predicted molar refractivity (Wildman–Crippen MR) is 113 cm³/mol. The summed E-state index contributed by atoms with van der Waals surface area (Å²) in [6.45, 7) is 4.74. The molecule has 3 heterocycles. The van der Waals surface area contributed by atoms with E-state index in [4.69, 9.17) is 0 Å². The maximum absolute atomic E-state index is 12.5. The first-order valence-corrected chi connectivity index (χ1v) is 11.0. The summed E-state index contributed by atoms with van der Waals surface area (Å²) < 4.78 is 1.62. The van der Waals surface area contributed by atoms with Crippen molar-refractivity contribution in [2.45, 2.75) is 64.5 Å². The molecule has 1 unspecified atom stereocenters. The lowest BCUT2D eigenvalue weighted by molar-refractivity contribution is 0.0904. The third kappa shape index (κ3) is 4.92. The van der Waals surface area contributed by atoms with Crippen LogP contribution in [-0.2, 0) is 19.4 Å². The molecular formula is C22H30N6O2. The number of fused-ring (bicyclic) bond motifs is 1. The fraction of sp³-hybridized carbons (Fsp3) is 0.591. The van der Waals surface area contributed by atoms with Gasteiger partial charge in [-0.15, -0.1) is 0 Å². The lowest BCUT2D eigenvalue weighted by atomic mass is 9.97. The molecule has 1 fully saturated rings. The molecule has 1 aliphatic heterocycles. The van der Waals surface area contributed by atoms with Gasteiger partial charge in [0.15, 0.2) is 0 Å². The number of amides is 1. The average Bonchev–Trinajstić information content (AvgIpc) is 2.77. The first-order chi connectivity index (χ1) is 14.6. The number of carbonyl (C=O) groups excluding carboxylic acids is 1. The summed E-state index contributed by atoms with van der Waals surface area (Å²) in [6, 6.07) is 2.03. The van der Waals surface area contributed by atoms with Crippen molar-refractivity contribution in [3.8, 4) is 0 Å². The van der Waals surface area contributed by atoms with Crippen LogP contribution in [0.15, 0.2) is 23.3 Å². The van der Waals surface area contributed by atoms with Gasteiger partial charge >= 0.3 is 0 Å². The Morgan fingerprint density at radius 3 is 2.83 bits per heavy atom. The summed E-state index contributed by atoms with van der Waals surface area (Å²) in [5.41, 5.74) is 3.34. The van der Waals surface area contributed by atoms with Crippen molar-refractivity contribution >= 4 is 5.91 Å². The molecule has 0 aromatic carbocycles. The Morgan fingerprint density at radius 2 is 2.00 bits per heavy atom. The minimum atomic E-state index is -0.194. The van der Waals surface area contributed by atoms with Crippen LogP contribution in [0.3, 0.4) is 0 Å². The molecule has 8 nitrogen and oxygen atoms in total. The molecule has 30 heavy (non-hydrogen) atoms. The summed E-state index contributed by atoms with van der Waals surface area (Å²) in [7, 11) is 0. The molecule has 0 spiro atoms. The molecule has 160 valence electrons. The Balaban J connectivity index is 1.35. The molecule has 0 bridgehead atoms. The Labute approximate surface area is 176 Å². The number of aryl methyl sites for hydroxylation is 3. The minimum Gasteiger partial charge on any atom is -0.349 e. The third-order valence-corrected chi connectivity index (χ3v) is 6.13.